The average Bonchev–Trinajstić information content (AvgIpc) is 3.77. The number of rotatable bonds is 8. The molecule has 0 unspecified atom stereocenters. The van der Waals surface area contributed by atoms with Crippen molar-refractivity contribution in [3.8, 4) is 22.6 Å². The molecule has 3 aromatic heterocycles. The van der Waals surface area contributed by atoms with Gasteiger partial charge in [-0.2, -0.15) is 0 Å². The van der Waals surface area contributed by atoms with E-state index in [0.717, 1.165) is 15.6 Å². The third kappa shape index (κ3) is 6.61. The Hall–Kier alpha value is -5.23. The lowest BCUT2D eigenvalue weighted by molar-refractivity contribution is -0.126. The van der Waals surface area contributed by atoms with Crippen LogP contribution in [0.25, 0.3) is 33.5 Å². The van der Waals surface area contributed by atoms with Gasteiger partial charge in [-0.05, 0) is 55.7 Å². The molecule has 1 saturated heterocycles. The number of oxazole rings is 1. The lowest BCUT2D eigenvalue weighted by Crippen LogP contribution is -2.43. The minimum absolute atomic E-state index is 0.0954. The van der Waals surface area contributed by atoms with Crippen molar-refractivity contribution in [1.82, 2.24) is 35.2 Å². The molecular formula is C36H31BrFN7O3. The number of benzene rings is 3. The second kappa shape index (κ2) is 13.5. The van der Waals surface area contributed by atoms with E-state index < -0.39 is 5.82 Å². The normalized spacial score (nSPS) is 13.6. The molecule has 0 bridgehead atoms. The summed E-state index contributed by atoms with van der Waals surface area (Å²) < 4.78 is 22.8. The summed E-state index contributed by atoms with van der Waals surface area (Å²) in [4.78, 5) is 38.0. The molecule has 3 aromatic carbocycles. The van der Waals surface area contributed by atoms with E-state index in [9.17, 15) is 14.0 Å². The molecule has 0 saturated carbocycles. The number of likely N-dealkylation sites (tertiary alicyclic amines) is 1. The summed E-state index contributed by atoms with van der Waals surface area (Å²) in [5.74, 6) is 0.185. The fourth-order valence-corrected chi connectivity index (χ4v) is 6.50. The van der Waals surface area contributed by atoms with Crippen molar-refractivity contribution in [3.63, 3.8) is 0 Å². The second-order valence-electron chi connectivity index (χ2n) is 11.8. The van der Waals surface area contributed by atoms with Gasteiger partial charge in [-0.25, -0.2) is 19.0 Å². The molecule has 7 rings (SSSR count). The highest BCUT2D eigenvalue weighted by molar-refractivity contribution is 9.10. The lowest BCUT2D eigenvalue weighted by Gasteiger charge is -2.32. The van der Waals surface area contributed by atoms with Gasteiger partial charge in [-0.15, -0.1) is 5.10 Å². The van der Waals surface area contributed by atoms with E-state index in [-0.39, 0.29) is 24.3 Å². The van der Waals surface area contributed by atoms with Gasteiger partial charge in [0.05, 0.1) is 35.7 Å². The number of nitrogens with one attached hydrogen (secondary N) is 1. The van der Waals surface area contributed by atoms with Crippen LogP contribution in [0.2, 0.25) is 0 Å². The lowest BCUT2D eigenvalue weighted by atomic mass is 9.93. The number of nitrogens with zero attached hydrogens (tertiary/aromatic N) is 6. The van der Waals surface area contributed by atoms with Crippen LogP contribution in [-0.2, 0) is 17.9 Å². The molecule has 1 N–H and O–H groups in total. The van der Waals surface area contributed by atoms with E-state index >= 15 is 0 Å². The summed E-state index contributed by atoms with van der Waals surface area (Å²) in [5, 5.41) is 11.8. The number of hydrogen-bond acceptors (Lipinski definition) is 7. The smallest absolute Gasteiger partial charge is 0.254 e. The molecule has 1 aliphatic heterocycles. The highest BCUT2D eigenvalue weighted by Gasteiger charge is 2.30. The Kier molecular flexibility index (Phi) is 8.81. The van der Waals surface area contributed by atoms with Gasteiger partial charge >= 0.3 is 0 Å². The SMILES string of the molecule is Cc1c(-c2ccccc2)nc2ccc(F)cc2c1C(=O)N1CCC(C(=O)NCc2cn(Cc3ncc(-c4cccc(Br)c4)o3)nn2)CC1. The number of fused-ring (bicyclic) bond motifs is 1. The van der Waals surface area contributed by atoms with E-state index in [4.69, 9.17) is 9.40 Å². The molecule has 0 radical (unpaired) electrons. The van der Waals surface area contributed by atoms with E-state index in [1.165, 1.54) is 12.1 Å². The van der Waals surface area contributed by atoms with Crippen LogP contribution in [0.15, 0.2) is 94.1 Å². The first-order chi connectivity index (χ1) is 23.3. The molecule has 1 aliphatic rings. The van der Waals surface area contributed by atoms with Crippen LogP contribution in [0.4, 0.5) is 4.39 Å². The molecule has 10 nitrogen and oxygen atoms in total. The molecule has 6 aromatic rings. The Morgan fingerprint density at radius 1 is 1.02 bits per heavy atom. The maximum absolute atomic E-state index is 14.4. The fraction of sp³-hybridized carbons (Fsp3) is 0.222. The van der Waals surface area contributed by atoms with Crippen molar-refractivity contribution >= 4 is 38.6 Å². The fourth-order valence-electron chi connectivity index (χ4n) is 6.10. The number of carbonyl (C=O) groups is 2. The maximum Gasteiger partial charge on any atom is 0.254 e. The molecule has 2 amide bonds. The number of pyridine rings is 1. The summed E-state index contributed by atoms with van der Waals surface area (Å²) in [7, 11) is 0. The monoisotopic (exact) mass is 707 g/mol. The van der Waals surface area contributed by atoms with Gasteiger partial charge in [0, 0.05) is 40.0 Å². The van der Waals surface area contributed by atoms with Crippen LogP contribution < -0.4 is 5.32 Å². The number of amides is 2. The van der Waals surface area contributed by atoms with Gasteiger partial charge in [-0.1, -0.05) is 63.6 Å². The van der Waals surface area contributed by atoms with E-state index in [0.29, 0.717) is 77.5 Å². The standard InChI is InChI=1S/C36H31BrFN7O3/c1-22-33(29-17-27(38)10-11-30(29)41-34(22)23-6-3-2-4-7-23)36(47)44-14-12-24(13-15-44)35(46)40-18-28-20-45(43-42-28)21-32-39-19-31(48-32)25-8-5-9-26(37)16-25/h2-11,16-17,19-20,24H,12-15,18,21H2,1H3,(H,40,46). The first-order valence-electron chi connectivity index (χ1n) is 15.6. The highest BCUT2D eigenvalue weighted by Crippen LogP contribution is 2.32. The summed E-state index contributed by atoms with van der Waals surface area (Å²) in [6.45, 7) is 3.19. The van der Waals surface area contributed by atoms with E-state index in [2.05, 4.69) is 36.5 Å². The molecule has 12 heteroatoms. The number of hydrogen-bond donors (Lipinski definition) is 1. The number of halogens is 2. The van der Waals surface area contributed by atoms with Crippen molar-refractivity contribution in [2.24, 2.45) is 5.92 Å². The molecule has 0 aliphatic carbocycles. The molecular weight excluding hydrogens is 677 g/mol. The third-order valence-corrected chi connectivity index (χ3v) is 9.09. The van der Waals surface area contributed by atoms with Crippen LogP contribution in [-0.4, -0.2) is 54.8 Å². The maximum atomic E-state index is 14.4. The number of aromatic nitrogens is 5. The van der Waals surface area contributed by atoms with Crippen molar-refractivity contribution < 1.29 is 18.4 Å². The Balaban J connectivity index is 0.966. The zero-order valence-corrected chi connectivity index (χ0v) is 27.7. The molecule has 4 heterocycles. The van der Waals surface area contributed by atoms with Gasteiger partial charge in [0.25, 0.3) is 5.91 Å². The predicted molar refractivity (Wildman–Crippen MR) is 181 cm³/mol. The first kappa shape index (κ1) is 31.4. The zero-order chi connectivity index (χ0) is 33.2. The van der Waals surface area contributed by atoms with E-state index in [1.54, 1.807) is 28.0 Å². The van der Waals surface area contributed by atoms with Crippen LogP contribution >= 0.6 is 15.9 Å². The molecule has 0 spiro atoms. The topological polar surface area (TPSA) is 119 Å². The molecule has 242 valence electrons. The van der Waals surface area contributed by atoms with Crippen molar-refractivity contribution in [3.05, 3.63) is 118 Å². The third-order valence-electron chi connectivity index (χ3n) is 8.59. The summed E-state index contributed by atoms with van der Waals surface area (Å²) in [6, 6.07) is 21.8. The Bertz CT molecular complexity index is 2120. The highest BCUT2D eigenvalue weighted by atomic mass is 79.9. The van der Waals surface area contributed by atoms with Gasteiger partial charge in [0.1, 0.15) is 18.1 Å². The summed E-state index contributed by atoms with van der Waals surface area (Å²) >= 11 is 3.47. The summed E-state index contributed by atoms with van der Waals surface area (Å²) in [5.41, 5.74) is 4.79. The van der Waals surface area contributed by atoms with Gasteiger partial charge < -0.3 is 14.6 Å². The van der Waals surface area contributed by atoms with Crippen LogP contribution in [0.1, 0.15) is 40.3 Å². The van der Waals surface area contributed by atoms with Crippen LogP contribution in [0.5, 0.6) is 0 Å². The molecule has 48 heavy (non-hydrogen) atoms. The average molecular weight is 709 g/mol. The predicted octanol–water partition coefficient (Wildman–Crippen LogP) is 6.58. The Morgan fingerprint density at radius 3 is 2.60 bits per heavy atom. The van der Waals surface area contributed by atoms with Crippen molar-refractivity contribution in [2.75, 3.05) is 13.1 Å². The number of carbonyl (C=O) groups excluding carboxylic acids is 2. The van der Waals surface area contributed by atoms with Crippen molar-refractivity contribution in [2.45, 2.75) is 32.9 Å². The zero-order valence-electron chi connectivity index (χ0n) is 26.1. The summed E-state index contributed by atoms with van der Waals surface area (Å²) in [6.07, 6.45) is 4.45. The minimum Gasteiger partial charge on any atom is -0.439 e. The van der Waals surface area contributed by atoms with Gasteiger partial charge in [0.2, 0.25) is 11.8 Å². The minimum atomic E-state index is -0.427. The van der Waals surface area contributed by atoms with Crippen LogP contribution in [0.3, 0.4) is 0 Å². The first-order valence-corrected chi connectivity index (χ1v) is 16.4. The van der Waals surface area contributed by atoms with Gasteiger partial charge in [-0.3, -0.25) is 9.59 Å². The van der Waals surface area contributed by atoms with Gasteiger partial charge in [0.15, 0.2) is 5.76 Å². The molecule has 1 fully saturated rings. The van der Waals surface area contributed by atoms with E-state index in [1.807, 2.05) is 61.5 Å². The second-order valence-corrected chi connectivity index (χ2v) is 12.7. The quantitative estimate of drug-likeness (QED) is 0.190. The largest absolute Gasteiger partial charge is 0.439 e. The van der Waals surface area contributed by atoms with Crippen LogP contribution in [0, 0.1) is 18.7 Å². The molecule has 0 atom stereocenters. The number of piperidine rings is 1. The Morgan fingerprint density at radius 2 is 1.81 bits per heavy atom. The van der Waals surface area contributed by atoms with Crippen molar-refractivity contribution in [1.29, 1.82) is 0 Å². The Labute approximate surface area is 284 Å².